The third-order valence-electron chi connectivity index (χ3n) is 6.52. The lowest BCUT2D eigenvalue weighted by molar-refractivity contribution is 0.137. The van der Waals surface area contributed by atoms with Crippen LogP contribution in [0.1, 0.15) is 63.2 Å². The molecule has 1 atom stereocenters. The molecule has 0 amide bonds. The summed E-state index contributed by atoms with van der Waals surface area (Å²) >= 11 is 0. The Bertz CT molecular complexity index is 575. The van der Waals surface area contributed by atoms with Gasteiger partial charge in [-0.25, -0.2) is 0 Å². The van der Waals surface area contributed by atoms with Gasteiger partial charge in [0.1, 0.15) is 5.76 Å². The van der Waals surface area contributed by atoms with Gasteiger partial charge in [-0.3, -0.25) is 9.89 Å². The topological polar surface area (TPSA) is 62.0 Å². The van der Waals surface area contributed by atoms with E-state index >= 15 is 0 Å². The summed E-state index contributed by atoms with van der Waals surface area (Å²) < 4.78 is 11.1. The average molecular weight is 391 g/mol. The van der Waals surface area contributed by atoms with E-state index in [2.05, 4.69) is 26.6 Å². The standard InChI is InChI=1S/C22H38N4O2/c1-23-21(25-18-22(12-16-27-2)10-4-5-11-22)24-17-19(20-9-8-15-28-20)26-13-6-3-7-14-26/h8-9,15,19H,3-7,10-14,16-18H2,1-2H3,(H2,23,24,25). The molecule has 1 saturated heterocycles. The molecule has 1 aliphatic carbocycles. The maximum Gasteiger partial charge on any atom is 0.191 e. The molecule has 1 aliphatic heterocycles. The van der Waals surface area contributed by atoms with Crippen LogP contribution < -0.4 is 10.6 Å². The first-order chi connectivity index (χ1) is 13.8. The van der Waals surface area contributed by atoms with Crippen LogP contribution in [0.15, 0.2) is 27.8 Å². The Morgan fingerprint density at radius 2 is 2.00 bits per heavy atom. The smallest absolute Gasteiger partial charge is 0.191 e. The van der Waals surface area contributed by atoms with Crippen LogP contribution in [0.25, 0.3) is 0 Å². The highest BCUT2D eigenvalue weighted by Gasteiger charge is 2.33. The van der Waals surface area contributed by atoms with Gasteiger partial charge in [0.15, 0.2) is 5.96 Å². The third-order valence-corrected chi connectivity index (χ3v) is 6.52. The molecule has 2 fully saturated rings. The van der Waals surface area contributed by atoms with Crippen molar-refractivity contribution in [1.29, 1.82) is 0 Å². The minimum atomic E-state index is 0.253. The number of rotatable bonds is 9. The monoisotopic (exact) mass is 390 g/mol. The average Bonchev–Trinajstić information content (AvgIpc) is 3.43. The summed E-state index contributed by atoms with van der Waals surface area (Å²) in [4.78, 5) is 7.01. The summed E-state index contributed by atoms with van der Waals surface area (Å²) in [5.74, 6) is 1.93. The first-order valence-corrected chi connectivity index (χ1v) is 11.0. The molecule has 1 unspecified atom stereocenters. The lowest BCUT2D eigenvalue weighted by atomic mass is 9.83. The Hall–Kier alpha value is -1.53. The molecule has 1 aromatic heterocycles. The van der Waals surface area contributed by atoms with Gasteiger partial charge in [-0.1, -0.05) is 19.3 Å². The SMILES string of the molecule is CN=C(NCC(c1ccco1)N1CCCCC1)NCC1(CCOC)CCCC1. The summed E-state index contributed by atoms with van der Waals surface area (Å²) in [6.45, 7) is 4.88. The van der Waals surface area contributed by atoms with Crippen molar-refractivity contribution in [3.05, 3.63) is 24.2 Å². The van der Waals surface area contributed by atoms with Crippen LogP contribution in [0.5, 0.6) is 0 Å². The number of methoxy groups -OCH3 is 1. The quantitative estimate of drug-likeness (QED) is 0.499. The number of piperidine rings is 1. The molecule has 2 N–H and O–H groups in total. The summed E-state index contributed by atoms with van der Waals surface area (Å²) in [6.07, 6.45) is 12.0. The molecule has 0 aromatic carbocycles. The Kier molecular flexibility index (Phi) is 8.22. The van der Waals surface area contributed by atoms with Gasteiger partial charge in [-0.05, 0) is 62.7 Å². The molecular formula is C22H38N4O2. The molecule has 6 heteroatoms. The van der Waals surface area contributed by atoms with Crippen molar-refractivity contribution in [2.24, 2.45) is 10.4 Å². The van der Waals surface area contributed by atoms with E-state index in [1.165, 1.54) is 44.9 Å². The van der Waals surface area contributed by atoms with Crippen molar-refractivity contribution in [2.75, 3.05) is 46.9 Å². The highest BCUT2D eigenvalue weighted by atomic mass is 16.5. The van der Waals surface area contributed by atoms with Gasteiger partial charge in [0.25, 0.3) is 0 Å². The van der Waals surface area contributed by atoms with Crippen LogP contribution in [-0.2, 0) is 4.74 Å². The summed E-state index contributed by atoms with van der Waals surface area (Å²) in [6, 6.07) is 4.33. The number of guanidine groups is 1. The van der Waals surface area contributed by atoms with Gasteiger partial charge >= 0.3 is 0 Å². The Labute approximate surface area is 170 Å². The molecule has 6 nitrogen and oxygen atoms in total. The normalized spacial score (nSPS) is 21.6. The van der Waals surface area contributed by atoms with Crippen LogP contribution in [0.2, 0.25) is 0 Å². The fourth-order valence-electron chi connectivity index (χ4n) is 4.76. The maximum absolute atomic E-state index is 5.76. The molecule has 0 spiro atoms. The summed E-state index contributed by atoms with van der Waals surface area (Å²) in [5, 5.41) is 7.16. The van der Waals surface area contributed by atoms with E-state index in [0.717, 1.165) is 50.9 Å². The fourth-order valence-corrected chi connectivity index (χ4v) is 4.76. The predicted octanol–water partition coefficient (Wildman–Crippen LogP) is 3.57. The number of hydrogen-bond acceptors (Lipinski definition) is 4. The van der Waals surface area contributed by atoms with E-state index in [-0.39, 0.29) is 6.04 Å². The van der Waals surface area contributed by atoms with E-state index in [1.807, 2.05) is 13.1 Å². The van der Waals surface area contributed by atoms with Crippen molar-refractivity contribution in [3.8, 4) is 0 Å². The van der Waals surface area contributed by atoms with Gasteiger partial charge in [0.05, 0.1) is 12.3 Å². The van der Waals surface area contributed by atoms with Gasteiger partial charge in [0, 0.05) is 33.9 Å². The van der Waals surface area contributed by atoms with Crippen molar-refractivity contribution in [1.82, 2.24) is 15.5 Å². The van der Waals surface area contributed by atoms with E-state index in [9.17, 15) is 0 Å². The lowest BCUT2D eigenvalue weighted by Crippen LogP contribution is -2.47. The van der Waals surface area contributed by atoms with Crippen LogP contribution >= 0.6 is 0 Å². The first kappa shape index (κ1) is 21.2. The zero-order valence-corrected chi connectivity index (χ0v) is 17.7. The van der Waals surface area contributed by atoms with Gasteiger partial charge in [-0.2, -0.15) is 0 Å². The second-order valence-electron chi connectivity index (χ2n) is 8.38. The number of nitrogens with one attached hydrogen (secondary N) is 2. The Morgan fingerprint density at radius 3 is 2.64 bits per heavy atom. The zero-order valence-electron chi connectivity index (χ0n) is 17.7. The maximum atomic E-state index is 5.76. The fraction of sp³-hybridized carbons (Fsp3) is 0.773. The Morgan fingerprint density at radius 1 is 1.21 bits per heavy atom. The lowest BCUT2D eigenvalue weighted by Gasteiger charge is -2.34. The van der Waals surface area contributed by atoms with Crippen LogP contribution in [0, 0.1) is 5.41 Å². The molecule has 0 bridgehead atoms. The molecule has 1 aromatic rings. The third kappa shape index (κ3) is 5.74. The number of ether oxygens (including phenoxy) is 1. The first-order valence-electron chi connectivity index (χ1n) is 11.0. The molecule has 0 radical (unpaired) electrons. The highest BCUT2D eigenvalue weighted by Crippen LogP contribution is 2.40. The van der Waals surface area contributed by atoms with E-state index < -0.39 is 0 Å². The molecule has 28 heavy (non-hydrogen) atoms. The van der Waals surface area contributed by atoms with Crippen LogP contribution in [0.3, 0.4) is 0 Å². The van der Waals surface area contributed by atoms with Crippen molar-refractivity contribution in [2.45, 2.75) is 57.4 Å². The van der Waals surface area contributed by atoms with E-state index in [0.29, 0.717) is 5.41 Å². The predicted molar refractivity (Wildman–Crippen MR) is 114 cm³/mol. The van der Waals surface area contributed by atoms with E-state index in [1.54, 1.807) is 13.4 Å². The number of nitrogens with zero attached hydrogens (tertiary/aromatic N) is 2. The molecule has 1 saturated carbocycles. The molecule has 3 rings (SSSR count). The highest BCUT2D eigenvalue weighted by molar-refractivity contribution is 5.79. The molecule has 158 valence electrons. The van der Waals surface area contributed by atoms with Crippen molar-refractivity contribution in [3.63, 3.8) is 0 Å². The van der Waals surface area contributed by atoms with Gasteiger partial charge < -0.3 is 19.8 Å². The van der Waals surface area contributed by atoms with Crippen molar-refractivity contribution >= 4 is 5.96 Å². The number of aliphatic imine (C=N–C) groups is 1. The number of hydrogen-bond donors (Lipinski definition) is 2. The van der Waals surface area contributed by atoms with Gasteiger partial charge in [0.2, 0.25) is 0 Å². The second-order valence-corrected chi connectivity index (χ2v) is 8.38. The zero-order chi connectivity index (χ0) is 19.7. The van der Waals surface area contributed by atoms with Crippen LogP contribution in [-0.4, -0.2) is 57.8 Å². The minimum Gasteiger partial charge on any atom is -0.468 e. The largest absolute Gasteiger partial charge is 0.468 e. The molecule has 2 heterocycles. The van der Waals surface area contributed by atoms with Crippen LogP contribution in [0.4, 0.5) is 0 Å². The Balaban J connectivity index is 1.55. The second kappa shape index (κ2) is 10.9. The number of likely N-dealkylation sites (tertiary alicyclic amines) is 1. The van der Waals surface area contributed by atoms with E-state index in [4.69, 9.17) is 9.15 Å². The minimum absolute atomic E-state index is 0.253. The summed E-state index contributed by atoms with van der Waals surface area (Å²) in [5.41, 5.74) is 0.348. The van der Waals surface area contributed by atoms with Gasteiger partial charge in [-0.15, -0.1) is 0 Å². The molecule has 2 aliphatic rings. The summed E-state index contributed by atoms with van der Waals surface area (Å²) in [7, 11) is 3.65. The number of furan rings is 1. The van der Waals surface area contributed by atoms with Crippen molar-refractivity contribution < 1.29 is 9.15 Å². The molecular weight excluding hydrogens is 352 g/mol.